The third-order valence-corrected chi connectivity index (χ3v) is 4.67. The van der Waals surface area contributed by atoms with Gasteiger partial charge in [-0.25, -0.2) is 4.72 Å². The van der Waals surface area contributed by atoms with E-state index in [2.05, 4.69) is 27.2 Å². The van der Waals surface area contributed by atoms with Crippen LogP contribution in [-0.4, -0.2) is 60.7 Å². The van der Waals surface area contributed by atoms with Crippen molar-refractivity contribution in [2.24, 2.45) is 7.05 Å². The largest absolute Gasteiger partial charge is 0.321 e. The molecule has 0 saturated heterocycles. The normalized spacial score (nSPS) is 12.2. The van der Waals surface area contributed by atoms with Crippen molar-refractivity contribution in [1.82, 2.24) is 29.1 Å². The van der Waals surface area contributed by atoms with Crippen molar-refractivity contribution in [3.05, 3.63) is 12.2 Å². The minimum absolute atomic E-state index is 0.313. The van der Waals surface area contributed by atoms with Gasteiger partial charge in [-0.1, -0.05) is 6.92 Å². The van der Waals surface area contributed by atoms with Crippen LogP contribution in [0, 0.1) is 0 Å². The fraction of sp³-hybridized carbons (Fsp3) is 0.833. The number of hydrogen-bond donors (Lipinski definition) is 2. The van der Waals surface area contributed by atoms with E-state index >= 15 is 0 Å². The van der Waals surface area contributed by atoms with Crippen LogP contribution in [0.3, 0.4) is 0 Å². The van der Waals surface area contributed by atoms with Gasteiger partial charge in [0.2, 0.25) is 0 Å². The molecule has 0 atom stereocenters. The van der Waals surface area contributed by atoms with E-state index in [1.165, 1.54) is 4.31 Å². The standard InChI is InChI=1S/C12H26N6O2S/c1-4-7-13-8-5-10-18(3)21(19,20)15-9-6-12-16-14-11-17(12)2/h11,13,15H,4-10H2,1-3H3. The Morgan fingerprint density at radius 1 is 1.33 bits per heavy atom. The molecule has 0 radical (unpaired) electrons. The van der Waals surface area contributed by atoms with E-state index in [4.69, 9.17) is 0 Å². The molecule has 8 nitrogen and oxygen atoms in total. The second-order valence-electron chi connectivity index (χ2n) is 4.93. The summed E-state index contributed by atoms with van der Waals surface area (Å²) < 4.78 is 29.7. The molecule has 0 aliphatic carbocycles. The van der Waals surface area contributed by atoms with Gasteiger partial charge in [-0.2, -0.15) is 12.7 Å². The Bertz CT molecular complexity index is 502. The Labute approximate surface area is 127 Å². The van der Waals surface area contributed by atoms with Crippen LogP contribution in [0.25, 0.3) is 0 Å². The number of aromatic nitrogens is 3. The van der Waals surface area contributed by atoms with E-state index in [1.54, 1.807) is 17.9 Å². The summed E-state index contributed by atoms with van der Waals surface area (Å²) in [5.74, 6) is 0.754. The molecule has 0 aliphatic rings. The molecular formula is C12H26N6O2S. The Balaban J connectivity index is 2.26. The Morgan fingerprint density at radius 2 is 2.10 bits per heavy atom. The Morgan fingerprint density at radius 3 is 2.71 bits per heavy atom. The minimum Gasteiger partial charge on any atom is -0.321 e. The van der Waals surface area contributed by atoms with E-state index in [0.717, 1.165) is 31.8 Å². The van der Waals surface area contributed by atoms with Gasteiger partial charge in [-0.05, 0) is 25.9 Å². The second kappa shape index (κ2) is 9.08. The molecule has 1 aromatic heterocycles. The molecule has 21 heavy (non-hydrogen) atoms. The molecule has 0 spiro atoms. The maximum absolute atomic E-state index is 12.0. The number of nitrogens with zero attached hydrogens (tertiary/aromatic N) is 4. The molecule has 0 fully saturated rings. The summed E-state index contributed by atoms with van der Waals surface area (Å²) in [6, 6.07) is 0. The Hall–Kier alpha value is -1.03. The van der Waals surface area contributed by atoms with Gasteiger partial charge >= 0.3 is 0 Å². The highest BCUT2D eigenvalue weighted by atomic mass is 32.2. The third-order valence-electron chi connectivity index (χ3n) is 3.10. The van der Waals surface area contributed by atoms with E-state index in [9.17, 15) is 8.42 Å². The molecule has 0 bridgehead atoms. The maximum Gasteiger partial charge on any atom is 0.279 e. The van der Waals surface area contributed by atoms with Crippen LogP contribution in [0.5, 0.6) is 0 Å². The molecule has 0 aromatic carbocycles. The van der Waals surface area contributed by atoms with Crippen LogP contribution >= 0.6 is 0 Å². The van der Waals surface area contributed by atoms with Crippen LogP contribution in [-0.2, 0) is 23.7 Å². The lowest BCUT2D eigenvalue weighted by molar-refractivity contribution is 0.444. The van der Waals surface area contributed by atoms with Gasteiger partial charge in [0.1, 0.15) is 12.2 Å². The molecule has 1 aromatic rings. The molecule has 9 heteroatoms. The SMILES string of the molecule is CCCNCCCN(C)S(=O)(=O)NCCc1nncn1C. The molecule has 1 heterocycles. The zero-order chi connectivity index (χ0) is 15.7. The summed E-state index contributed by atoms with van der Waals surface area (Å²) in [5.41, 5.74) is 0. The summed E-state index contributed by atoms with van der Waals surface area (Å²) >= 11 is 0. The topological polar surface area (TPSA) is 92.2 Å². The van der Waals surface area contributed by atoms with Crippen LogP contribution in [0.1, 0.15) is 25.6 Å². The van der Waals surface area contributed by atoms with Crippen molar-refractivity contribution in [3.63, 3.8) is 0 Å². The van der Waals surface area contributed by atoms with E-state index < -0.39 is 10.2 Å². The van der Waals surface area contributed by atoms with Crippen molar-refractivity contribution in [2.45, 2.75) is 26.2 Å². The third kappa shape index (κ3) is 6.51. The van der Waals surface area contributed by atoms with Gasteiger partial charge in [-0.15, -0.1) is 10.2 Å². The quantitative estimate of drug-likeness (QED) is 0.537. The zero-order valence-corrected chi connectivity index (χ0v) is 13.9. The highest BCUT2D eigenvalue weighted by molar-refractivity contribution is 7.87. The monoisotopic (exact) mass is 318 g/mol. The molecule has 0 amide bonds. The van der Waals surface area contributed by atoms with E-state index in [-0.39, 0.29) is 0 Å². The Kier molecular flexibility index (Phi) is 7.79. The summed E-state index contributed by atoms with van der Waals surface area (Å²) in [4.78, 5) is 0. The molecule has 0 aliphatic heterocycles. The first kappa shape index (κ1) is 18.0. The van der Waals surface area contributed by atoms with Gasteiger partial charge in [-0.3, -0.25) is 0 Å². The van der Waals surface area contributed by atoms with Gasteiger partial charge in [0, 0.05) is 33.6 Å². The van der Waals surface area contributed by atoms with Crippen molar-refractivity contribution < 1.29 is 8.42 Å². The number of hydrogen-bond acceptors (Lipinski definition) is 5. The molecule has 0 saturated carbocycles. The van der Waals surface area contributed by atoms with Crippen molar-refractivity contribution in [1.29, 1.82) is 0 Å². The van der Waals surface area contributed by atoms with Crippen molar-refractivity contribution >= 4 is 10.2 Å². The molecule has 0 unspecified atom stereocenters. The minimum atomic E-state index is -3.42. The molecule has 122 valence electrons. The van der Waals surface area contributed by atoms with E-state index in [0.29, 0.717) is 19.5 Å². The molecule has 2 N–H and O–H groups in total. The van der Waals surface area contributed by atoms with Crippen molar-refractivity contribution in [2.75, 3.05) is 33.2 Å². The first-order chi connectivity index (χ1) is 9.97. The fourth-order valence-corrected chi connectivity index (χ4v) is 2.73. The maximum atomic E-state index is 12.0. The average Bonchev–Trinajstić information content (AvgIpc) is 2.84. The summed E-state index contributed by atoms with van der Waals surface area (Å²) in [6.45, 7) is 4.70. The summed E-state index contributed by atoms with van der Waals surface area (Å²) in [6.07, 6.45) is 3.99. The summed E-state index contributed by atoms with van der Waals surface area (Å²) in [5, 5.41) is 10.9. The van der Waals surface area contributed by atoms with Crippen LogP contribution in [0.15, 0.2) is 6.33 Å². The molecular weight excluding hydrogens is 292 g/mol. The number of aryl methyl sites for hydroxylation is 1. The van der Waals surface area contributed by atoms with Gasteiger partial charge in [0.15, 0.2) is 0 Å². The predicted octanol–water partition coefficient (Wildman–Crippen LogP) is -0.486. The number of rotatable bonds is 11. The zero-order valence-electron chi connectivity index (χ0n) is 13.0. The first-order valence-corrected chi connectivity index (χ1v) is 8.66. The lowest BCUT2D eigenvalue weighted by Crippen LogP contribution is -2.40. The molecule has 1 rings (SSSR count). The highest BCUT2D eigenvalue weighted by Crippen LogP contribution is 1.97. The summed E-state index contributed by atoms with van der Waals surface area (Å²) in [7, 11) is -0.000616. The lowest BCUT2D eigenvalue weighted by atomic mass is 10.4. The van der Waals surface area contributed by atoms with Gasteiger partial charge < -0.3 is 9.88 Å². The lowest BCUT2D eigenvalue weighted by Gasteiger charge is -2.17. The van der Waals surface area contributed by atoms with Crippen LogP contribution < -0.4 is 10.0 Å². The predicted molar refractivity (Wildman–Crippen MR) is 82.0 cm³/mol. The van der Waals surface area contributed by atoms with Gasteiger partial charge in [0.05, 0.1) is 0 Å². The van der Waals surface area contributed by atoms with Crippen LogP contribution in [0.4, 0.5) is 0 Å². The number of nitrogens with one attached hydrogen (secondary N) is 2. The van der Waals surface area contributed by atoms with Crippen molar-refractivity contribution in [3.8, 4) is 0 Å². The first-order valence-electron chi connectivity index (χ1n) is 7.22. The van der Waals surface area contributed by atoms with E-state index in [1.807, 2.05) is 7.05 Å². The smallest absolute Gasteiger partial charge is 0.279 e. The highest BCUT2D eigenvalue weighted by Gasteiger charge is 2.16. The second-order valence-corrected chi connectivity index (χ2v) is 6.79. The van der Waals surface area contributed by atoms with Gasteiger partial charge in [0.25, 0.3) is 10.2 Å². The van der Waals surface area contributed by atoms with Crippen LogP contribution in [0.2, 0.25) is 0 Å². The fourth-order valence-electron chi connectivity index (χ4n) is 1.78. The average molecular weight is 318 g/mol.